The van der Waals surface area contributed by atoms with E-state index in [-0.39, 0.29) is 12.1 Å². The topological polar surface area (TPSA) is 98.1 Å². The zero-order chi connectivity index (χ0) is 24.8. The summed E-state index contributed by atoms with van der Waals surface area (Å²) in [5.41, 5.74) is 2.92. The van der Waals surface area contributed by atoms with Gasteiger partial charge in [-0.05, 0) is 73.0 Å². The van der Waals surface area contributed by atoms with Crippen molar-refractivity contribution in [3.8, 4) is 11.5 Å². The van der Waals surface area contributed by atoms with Crippen LogP contribution in [-0.2, 0) is 16.1 Å². The summed E-state index contributed by atoms with van der Waals surface area (Å²) in [6.45, 7) is 5.07. The Hall–Kier alpha value is -4.33. The van der Waals surface area contributed by atoms with Gasteiger partial charge in [0.1, 0.15) is 22.8 Å². The van der Waals surface area contributed by atoms with E-state index in [4.69, 9.17) is 13.9 Å². The fourth-order valence-corrected chi connectivity index (χ4v) is 3.47. The summed E-state index contributed by atoms with van der Waals surface area (Å²) in [5.74, 6) is 0.519. The first-order valence-corrected chi connectivity index (χ1v) is 11.2. The van der Waals surface area contributed by atoms with Crippen molar-refractivity contribution < 1.29 is 28.3 Å². The Morgan fingerprint density at radius 3 is 2.31 bits per heavy atom. The minimum atomic E-state index is -0.779. The third-order valence-electron chi connectivity index (χ3n) is 5.58. The molecule has 8 heteroatoms. The largest absolute Gasteiger partial charge is 0.493 e. The van der Waals surface area contributed by atoms with Crippen molar-refractivity contribution in [1.82, 2.24) is 10.2 Å². The molecule has 180 valence electrons. The lowest BCUT2D eigenvalue weighted by Crippen LogP contribution is -2.53. The lowest BCUT2D eigenvalue weighted by molar-refractivity contribution is -0.130. The highest BCUT2D eigenvalue weighted by Crippen LogP contribution is 2.20. The number of nitrogens with one attached hydrogen (secondary N) is 1. The van der Waals surface area contributed by atoms with E-state index in [1.54, 1.807) is 36.4 Å². The molecule has 0 radical (unpaired) electrons. The van der Waals surface area contributed by atoms with Gasteiger partial charge < -0.3 is 13.9 Å². The quantitative estimate of drug-likeness (QED) is 0.280. The van der Waals surface area contributed by atoms with Crippen LogP contribution in [0.2, 0.25) is 0 Å². The summed E-state index contributed by atoms with van der Waals surface area (Å²) in [6, 6.07) is 15.5. The molecule has 2 heterocycles. The summed E-state index contributed by atoms with van der Waals surface area (Å²) >= 11 is 0. The molecule has 0 atom stereocenters. The van der Waals surface area contributed by atoms with Crippen molar-refractivity contribution in [1.29, 1.82) is 0 Å². The minimum Gasteiger partial charge on any atom is -0.493 e. The summed E-state index contributed by atoms with van der Waals surface area (Å²) in [5, 5.41) is 2.19. The Morgan fingerprint density at radius 1 is 0.914 bits per heavy atom. The molecule has 1 saturated heterocycles. The standard InChI is InChI=1S/C27H26N2O6/c1-18-6-9-22(15-19(18)2)34-14-4-13-33-21-10-7-20(8-11-21)16-24-25(30)28-27(32)29(26(24)31)17-23-5-3-12-35-23/h3,5-12,15-16H,4,13-14,17H2,1-2H3,(H,28,30,32)/b24-16-. The van der Waals surface area contributed by atoms with E-state index in [1.165, 1.54) is 23.5 Å². The maximum Gasteiger partial charge on any atom is 0.331 e. The van der Waals surface area contributed by atoms with Crippen molar-refractivity contribution in [2.45, 2.75) is 26.8 Å². The minimum absolute atomic E-state index is 0.0672. The fourth-order valence-electron chi connectivity index (χ4n) is 3.47. The Kier molecular flexibility index (Phi) is 7.30. The third-order valence-corrected chi connectivity index (χ3v) is 5.58. The second-order valence-electron chi connectivity index (χ2n) is 8.15. The average Bonchev–Trinajstić information content (AvgIpc) is 3.36. The second-order valence-corrected chi connectivity index (χ2v) is 8.15. The van der Waals surface area contributed by atoms with Crippen LogP contribution in [-0.4, -0.2) is 36.0 Å². The molecule has 1 fully saturated rings. The molecule has 1 aliphatic rings. The first-order chi connectivity index (χ1) is 16.9. The molecular weight excluding hydrogens is 448 g/mol. The van der Waals surface area contributed by atoms with Gasteiger partial charge in [-0.3, -0.25) is 19.8 Å². The van der Waals surface area contributed by atoms with Gasteiger partial charge in [0.05, 0.1) is 26.0 Å². The number of benzene rings is 2. The molecule has 4 amide bonds. The van der Waals surface area contributed by atoms with Gasteiger partial charge >= 0.3 is 6.03 Å². The van der Waals surface area contributed by atoms with Crippen LogP contribution >= 0.6 is 0 Å². The van der Waals surface area contributed by atoms with E-state index in [0.29, 0.717) is 36.7 Å². The first-order valence-electron chi connectivity index (χ1n) is 11.2. The van der Waals surface area contributed by atoms with Crippen LogP contribution in [0.1, 0.15) is 28.9 Å². The van der Waals surface area contributed by atoms with Crippen molar-refractivity contribution in [2.75, 3.05) is 13.2 Å². The van der Waals surface area contributed by atoms with Gasteiger partial charge in [-0.15, -0.1) is 0 Å². The van der Waals surface area contributed by atoms with Gasteiger partial charge in [0.25, 0.3) is 11.8 Å². The molecule has 0 saturated carbocycles. The van der Waals surface area contributed by atoms with Gasteiger partial charge in [-0.2, -0.15) is 0 Å². The number of ether oxygens (including phenoxy) is 2. The molecule has 1 aromatic heterocycles. The molecule has 1 N–H and O–H groups in total. The number of rotatable bonds is 9. The molecule has 0 spiro atoms. The molecule has 8 nitrogen and oxygen atoms in total. The van der Waals surface area contributed by atoms with Gasteiger partial charge in [-0.1, -0.05) is 18.2 Å². The van der Waals surface area contributed by atoms with E-state index in [0.717, 1.165) is 10.6 Å². The number of amides is 4. The van der Waals surface area contributed by atoms with E-state index in [9.17, 15) is 14.4 Å². The number of barbiturate groups is 1. The zero-order valence-corrected chi connectivity index (χ0v) is 19.6. The van der Waals surface area contributed by atoms with Crippen LogP contribution in [0.3, 0.4) is 0 Å². The Morgan fingerprint density at radius 2 is 1.63 bits per heavy atom. The van der Waals surface area contributed by atoms with Crippen LogP contribution in [0.25, 0.3) is 6.08 Å². The van der Waals surface area contributed by atoms with Gasteiger partial charge in [0, 0.05) is 6.42 Å². The Balaban J connectivity index is 1.30. The number of hydrogen-bond acceptors (Lipinski definition) is 6. The molecule has 4 rings (SSSR count). The number of carbonyl (C=O) groups excluding carboxylic acids is 3. The van der Waals surface area contributed by atoms with Crippen LogP contribution in [0.5, 0.6) is 11.5 Å². The Bertz CT molecular complexity index is 1250. The monoisotopic (exact) mass is 474 g/mol. The van der Waals surface area contributed by atoms with Gasteiger partial charge in [0.2, 0.25) is 0 Å². The summed E-state index contributed by atoms with van der Waals surface area (Å²) in [4.78, 5) is 38.1. The first kappa shape index (κ1) is 23.8. The van der Waals surface area contributed by atoms with Gasteiger partial charge in [0.15, 0.2) is 0 Å². The lowest BCUT2D eigenvalue weighted by atomic mass is 10.1. The van der Waals surface area contributed by atoms with E-state index >= 15 is 0 Å². The second kappa shape index (κ2) is 10.7. The summed E-state index contributed by atoms with van der Waals surface area (Å²) < 4.78 is 16.7. The highest BCUT2D eigenvalue weighted by molar-refractivity contribution is 6.30. The molecule has 0 unspecified atom stereocenters. The number of urea groups is 1. The van der Waals surface area contributed by atoms with Crippen LogP contribution in [0, 0.1) is 13.8 Å². The van der Waals surface area contributed by atoms with Crippen LogP contribution < -0.4 is 14.8 Å². The predicted molar refractivity (Wildman–Crippen MR) is 129 cm³/mol. The average molecular weight is 475 g/mol. The van der Waals surface area contributed by atoms with E-state index < -0.39 is 17.8 Å². The molecule has 0 bridgehead atoms. The Labute approximate surface area is 203 Å². The van der Waals surface area contributed by atoms with Crippen molar-refractivity contribution in [3.05, 3.63) is 88.9 Å². The number of nitrogens with zero attached hydrogens (tertiary/aromatic N) is 1. The molecule has 1 aliphatic heterocycles. The van der Waals surface area contributed by atoms with Crippen molar-refractivity contribution in [3.63, 3.8) is 0 Å². The van der Waals surface area contributed by atoms with Crippen LogP contribution in [0.15, 0.2) is 70.9 Å². The van der Waals surface area contributed by atoms with E-state index in [2.05, 4.69) is 19.2 Å². The summed E-state index contributed by atoms with van der Waals surface area (Å²) in [7, 11) is 0. The van der Waals surface area contributed by atoms with Gasteiger partial charge in [-0.25, -0.2) is 4.79 Å². The normalized spacial score (nSPS) is 14.9. The highest BCUT2D eigenvalue weighted by atomic mass is 16.5. The molecule has 2 aromatic carbocycles. The molecule has 35 heavy (non-hydrogen) atoms. The number of hydrogen-bond donors (Lipinski definition) is 1. The maximum atomic E-state index is 12.8. The zero-order valence-electron chi connectivity index (χ0n) is 19.6. The van der Waals surface area contributed by atoms with Crippen LogP contribution in [0.4, 0.5) is 4.79 Å². The SMILES string of the molecule is Cc1ccc(OCCCOc2ccc(/C=C3/C(=O)NC(=O)N(Cc4ccco4)C3=O)cc2)cc1C. The smallest absolute Gasteiger partial charge is 0.331 e. The maximum absolute atomic E-state index is 12.8. The lowest BCUT2D eigenvalue weighted by Gasteiger charge is -2.25. The van der Waals surface area contributed by atoms with Crippen molar-refractivity contribution in [2.24, 2.45) is 0 Å². The molecule has 0 aliphatic carbocycles. The molecule has 3 aromatic rings. The number of furan rings is 1. The summed E-state index contributed by atoms with van der Waals surface area (Å²) in [6.07, 6.45) is 3.61. The van der Waals surface area contributed by atoms with E-state index in [1.807, 2.05) is 18.2 Å². The fraction of sp³-hybridized carbons (Fsp3) is 0.222. The molecular formula is C27H26N2O6. The number of aryl methyl sites for hydroxylation is 2. The third kappa shape index (κ3) is 5.97. The highest BCUT2D eigenvalue weighted by Gasteiger charge is 2.36. The number of carbonyl (C=O) groups is 3. The number of imide groups is 2. The van der Waals surface area contributed by atoms with Crippen molar-refractivity contribution >= 4 is 23.9 Å². The predicted octanol–water partition coefficient (Wildman–Crippen LogP) is 4.41.